The van der Waals surface area contributed by atoms with E-state index in [1.807, 2.05) is 18.3 Å². The maximum absolute atomic E-state index is 11.2. The Hall–Kier alpha value is -1.77. The first-order chi connectivity index (χ1) is 7.19. The van der Waals surface area contributed by atoms with Crippen molar-refractivity contribution in [3.63, 3.8) is 0 Å². The molecule has 1 unspecified atom stereocenters. The molecule has 0 aromatic carbocycles. The number of urea groups is 1. The number of amides is 3. The number of carbonyl (C=O) groups excluding carboxylic acids is 2. The number of rotatable bonds is 3. The smallest absolute Gasteiger partial charge is 0.415 e. The highest BCUT2D eigenvalue weighted by Gasteiger charge is 2.39. The summed E-state index contributed by atoms with van der Waals surface area (Å²) >= 11 is 0. The Bertz CT molecular complexity index is 297. The van der Waals surface area contributed by atoms with E-state index in [0.29, 0.717) is 13.2 Å². The van der Waals surface area contributed by atoms with E-state index in [-0.39, 0.29) is 0 Å². The van der Waals surface area contributed by atoms with Crippen molar-refractivity contribution < 1.29 is 14.3 Å². The maximum atomic E-state index is 11.2. The first-order valence-electron chi connectivity index (χ1n) is 4.83. The highest BCUT2D eigenvalue weighted by Crippen LogP contribution is 2.15. The standard InChI is InChI=1S/C9H13N3O3/c1-2-3-4-15-9(14)11-8(13)12-6-7(12)5-10/h7H,2-4,6H2,1H3,(H,11,13,14). The van der Waals surface area contributed by atoms with Gasteiger partial charge >= 0.3 is 12.1 Å². The van der Waals surface area contributed by atoms with E-state index < -0.39 is 18.2 Å². The van der Waals surface area contributed by atoms with Crippen LogP contribution in [-0.4, -0.2) is 36.2 Å². The largest absolute Gasteiger partial charge is 0.449 e. The van der Waals surface area contributed by atoms with Gasteiger partial charge in [0.2, 0.25) is 0 Å². The van der Waals surface area contributed by atoms with Gasteiger partial charge in [0, 0.05) is 0 Å². The van der Waals surface area contributed by atoms with Crippen molar-refractivity contribution in [2.24, 2.45) is 0 Å². The Morgan fingerprint density at radius 3 is 2.93 bits per heavy atom. The van der Waals surface area contributed by atoms with Crippen molar-refractivity contribution in [2.45, 2.75) is 25.8 Å². The molecule has 6 heteroatoms. The molecule has 6 nitrogen and oxygen atoms in total. The lowest BCUT2D eigenvalue weighted by Gasteiger charge is -2.05. The van der Waals surface area contributed by atoms with Gasteiger partial charge in [0.25, 0.3) is 0 Å². The SMILES string of the molecule is CCCCOC(=O)NC(=O)N1CC1C#N. The molecule has 0 saturated carbocycles. The molecule has 1 aliphatic rings. The molecule has 0 aromatic heterocycles. The molecule has 1 N–H and O–H groups in total. The van der Waals surface area contributed by atoms with Crippen LogP contribution in [-0.2, 0) is 4.74 Å². The van der Waals surface area contributed by atoms with Crippen LogP contribution in [0.4, 0.5) is 9.59 Å². The predicted molar refractivity (Wildman–Crippen MR) is 50.9 cm³/mol. The third-order valence-electron chi connectivity index (χ3n) is 1.96. The summed E-state index contributed by atoms with van der Waals surface area (Å²) in [7, 11) is 0. The molecule has 0 aromatic rings. The zero-order valence-electron chi connectivity index (χ0n) is 8.52. The highest BCUT2D eigenvalue weighted by molar-refractivity contribution is 5.92. The van der Waals surface area contributed by atoms with Crippen LogP contribution in [0, 0.1) is 11.3 Å². The van der Waals surface area contributed by atoms with E-state index in [9.17, 15) is 9.59 Å². The molecular weight excluding hydrogens is 198 g/mol. The molecule has 1 atom stereocenters. The van der Waals surface area contributed by atoms with E-state index in [1.165, 1.54) is 4.90 Å². The van der Waals surface area contributed by atoms with Gasteiger partial charge in [-0.3, -0.25) is 0 Å². The number of hydrogen-bond donors (Lipinski definition) is 1. The molecule has 1 fully saturated rings. The molecule has 1 saturated heterocycles. The first kappa shape index (κ1) is 11.3. The maximum Gasteiger partial charge on any atom is 0.415 e. The van der Waals surface area contributed by atoms with Crippen LogP contribution in [0.5, 0.6) is 0 Å². The minimum atomic E-state index is -0.753. The van der Waals surface area contributed by atoms with E-state index in [4.69, 9.17) is 10.00 Å². The average molecular weight is 211 g/mol. The fourth-order valence-corrected chi connectivity index (χ4v) is 0.979. The second-order valence-electron chi connectivity index (χ2n) is 3.22. The van der Waals surface area contributed by atoms with Crippen LogP contribution in [0.15, 0.2) is 0 Å². The van der Waals surface area contributed by atoms with Gasteiger partial charge in [0.05, 0.1) is 19.2 Å². The summed E-state index contributed by atoms with van der Waals surface area (Å²) in [5.41, 5.74) is 0. The number of carbonyl (C=O) groups is 2. The Balaban J connectivity index is 2.16. The zero-order chi connectivity index (χ0) is 11.3. The van der Waals surface area contributed by atoms with Crippen LogP contribution < -0.4 is 5.32 Å². The molecule has 0 spiro atoms. The summed E-state index contributed by atoms with van der Waals surface area (Å²) in [6, 6.07) is 0.947. The second-order valence-corrected chi connectivity index (χ2v) is 3.22. The fraction of sp³-hybridized carbons (Fsp3) is 0.667. The van der Waals surface area contributed by atoms with Gasteiger partial charge in [0.15, 0.2) is 0 Å². The first-order valence-corrected chi connectivity index (χ1v) is 4.83. The number of imide groups is 1. The third-order valence-corrected chi connectivity index (χ3v) is 1.96. The zero-order valence-corrected chi connectivity index (χ0v) is 8.52. The summed E-state index contributed by atoms with van der Waals surface area (Å²) in [4.78, 5) is 23.4. The van der Waals surface area contributed by atoms with Gasteiger partial charge in [-0.25, -0.2) is 14.9 Å². The molecule has 0 aliphatic carbocycles. The van der Waals surface area contributed by atoms with Crippen LogP contribution in [0.1, 0.15) is 19.8 Å². The topological polar surface area (TPSA) is 82.2 Å². The fourth-order valence-electron chi connectivity index (χ4n) is 0.979. The van der Waals surface area contributed by atoms with Crippen molar-refractivity contribution in [1.82, 2.24) is 10.2 Å². The van der Waals surface area contributed by atoms with Crippen LogP contribution >= 0.6 is 0 Å². The number of nitrogens with one attached hydrogen (secondary N) is 1. The predicted octanol–water partition coefficient (Wildman–Crippen LogP) is 0.840. The molecule has 1 aliphatic heterocycles. The summed E-state index contributed by atoms with van der Waals surface area (Å²) in [5, 5.41) is 10.5. The normalized spacial score (nSPS) is 17.9. The number of hydrogen-bond acceptors (Lipinski definition) is 4. The van der Waals surface area contributed by atoms with Gasteiger partial charge in [-0.1, -0.05) is 13.3 Å². The number of nitrogens with zero attached hydrogens (tertiary/aromatic N) is 2. The van der Waals surface area contributed by atoms with Gasteiger partial charge in [-0.05, 0) is 6.42 Å². The molecular formula is C9H13N3O3. The van der Waals surface area contributed by atoms with E-state index in [1.54, 1.807) is 0 Å². The lowest BCUT2D eigenvalue weighted by atomic mass is 10.4. The number of unbranched alkanes of at least 4 members (excludes halogenated alkanes) is 1. The van der Waals surface area contributed by atoms with Gasteiger partial charge < -0.3 is 9.64 Å². The summed E-state index contributed by atoms with van der Waals surface area (Å²) < 4.78 is 4.72. The number of nitriles is 1. The minimum absolute atomic E-state index is 0.303. The average Bonchev–Trinajstić information content (AvgIpc) is 2.97. The van der Waals surface area contributed by atoms with E-state index in [0.717, 1.165) is 12.8 Å². The Kier molecular flexibility index (Phi) is 3.92. The van der Waals surface area contributed by atoms with Crippen LogP contribution in [0.2, 0.25) is 0 Å². The summed E-state index contributed by atoms with van der Waals surface area (Å²) in [5.74, 6) is 0. The Morgan fingerprint density at radius 1 is 1.67 bits per heavy atom. The number of ether oxygens (including phenoxy) is 1. The molecule has 3 amide bonds. The lowest BCUT2D eigenvalue weighted by Crippen LogP contribution is -2.35. The van der Waals surface area contributed by atoms with Crippen LogP contribution in [0.3, 0.4) is 0 Å². The molecule has 1 heterocycles. The van der Waals surface area contributed by atoms with Crippen molar-refractivity contribution in [1.29, 1.82) is 5.26 Å². The molecule has 1 rings (SSSR count). The lowest BCUT2D eigenvalue weighted by molar-refractivity contribution is 0.144. The van der Waals surface area contributed by atoms with Crippen molar-refractivity contribution in [3.8, 4) is 6.07 Å². The Morgan fingerprint density at radius 2 is 2.40 bits per heavy atom. The molecule has 82 valence electrons. The minimum Gasteiger partial charge on any atom is -0.449 e. The second kappa shape index (κ2) is 5.20. The van der Waals surface area contributed by atoms with Crippen molar-refractivity contribution in [3.05, 3.63) is 0 Å². The van der Waals surface area contributed by atoms with E-state index in [2.05, 4.69) is 0 Å². The van der Waals surface area contributed by atoms with Gasteiger partial charge in [-0.15, -0.1) is 0 Å². The molecule has 15 heavy (non-hydrogen) atoms. The van der Waals surface area contributed by atoms with Crippen molar-refractivity contribution >= 4 is 12.1 Å². The van der Waals surface area contributed by atoms with Gasteiger partial charge in [-0.2, -0.15) is 5.26 Å². The molecule has 0 radical (unpaired) electrons. The highest BCUT2D eigenvalue weighted by atomic mass is 16.5. The third kappa shape index (κ3) is 3.46. The summed E-state index contributed by atoms with van der Waals surface area (Å²) in [6.45, 7) is 2.65. The quantitative estimate of drug-likeness (QED) is 0.554. The van der Waals surface area contributed by atoms with Gasteiger partial charge in [0.1, 0.15) is 6.04 Å². The summed E-state index contributed by atoms with van der Waals surface area (Å²) in [6.07, 6.45) is 0.938. The monoisotopic (exact) mass is 211 g/mol. The van der Waals surface area contributed by atoms with Crippen molar-refractivity contribution in [2.75, 3.05) is 13.2 Å². The number of alkyl carbamates (subject to hydrolysis) is 1. The van der Waals surface area contributed by atoms with E-state index >= 15 is 0 Å². The Labute approximate surface area is 87.8 Å². The molecule has 0 bridgehead atoms. The van der Waals surface area contributed by atoms with Crippen LogP contribution in [0.25, 0.3) is 0 Å².